The first-order chi connectivity index (χ1) is 9.27. The van der Waals surface area contributed by atoms with Crippen molar-refractivity contribution in [3.8, 4) is 5.75 Å². The first-order valence-corrected chi connectivity index (χ1v) is 7.15. The molecule has 0 bridgehead atoms. The second-order valence-corrected chi connectivity index (χ2v) is 4.77. The predicted molar refractivity (Wildman–Crippen MR) is 80.4 cm³/mol. The molecule has 0 aliphatic heterocycles. The Morgan fingerprint density at radius 2 is 2.11 bits per heavy atom. The second kappa shape index (κ2) is 9.78. The molecule has 1 atom stereocenters. The van der Waals surface area contributed by atoms with Gasteiger partial charge in [0.15, 0.2) is 0 Å². The van der Waals surface area contributed by atoms with E-state index < -0.39 is 0 Å². The number of ether oxygens (including phenoxy) is 1. The van der Waals surface area contributed by atoms with Crippen LogP contribution in [-0.4, -0.2) is 32.3 Å². The van der Waals surface area contributed by atoms with Crippen LogP contribution in [0.4, 0.5) is 0 Å². The molecule has 0 saturated heterocycles. The minimum Gasteiger partial charge on any atom is -0.493 e. The number of unbranched alkanes of at least 4 members (excludes halogenated alkanes) is 1. The van der Waals surface area contributed by atoms with Gasteiger partial charge in [-0.3, -0.25) is 0 Å². The summed E-state index contributed by atoms with van der Waals surface area (Å²) in [6.07, 6.45) is 3.04. The van der Waals surface area contributed by atoms with Crippen molar-refractivity contribution in [3.05, 3.63) is 29.8 Å². The van der Waals surface area contributed by atoms with E-state index in [1.807, 2.05) is 18.2 Å². The second-order valence-electron chi connectivity index (χ2n) is 4.77. The predicted octanol–water partition coefficient (Wildman–Crippen LogP) is 1.28. The van der Waals surface area contributed by atoms with Crippen LogP contribution < -0.4 is 21.5 Å². The topological polar surface area (TPSA) is 73.3 Å². The largest absolute Gasteiger partial charge is 0.493 e. The lowest BCUT2D eigenvalue weighted by molar-refractivity contribution is 0.305. The average Bonchev–Trinajstić information content (AvgIpc) is 2.41. The SMILES string of the molecule is CCCCOc1ccccc1CC(N)CNCCN. The van der Waals surface area contributed by atoms with Gasteiger partial charge in [-0.1, -0.05) is 31.5 Å². The number of nitrogens with one attached hydrogen (secondary N) is 1. The molecule has 19 heavy (non-hydrogen) atoms. The van der Waals surface area contributed by atoms with Crippen LogP contribution in [0, 0.1) is 0 Å². The normalized spacial score (nSPS) is 12.4. The lowest BCUT2D eigenvalue weighted by Crippen LogP contribution is -2.37. The molecule has 4 heteroatoms. The van der Waals surface area contributed by atoms with Gasteiger partial charge in [-0.15, -0.1) is 0 Å². The Morgan fingerprint density at radius 3 is 2.84 bits per heavy atom. The molecule has 0 spiro atoms. The lowest BCUT2D eigenvalue weighted by atomic mass is 10.1. The van der Waals surface area contributed by atoms with Crippen molar-refractivity contribution in [2.45, 2.75) is 32.2 Å². The molecule has 0 aromatic heterocycles. The van der Waals surface area contributed by atoms with Gasteiger partial charge in [-0.05, 0) is 24.5 Å². The summed E-state index contributed by atoms with van der Waals surface area (Å²) < 4.78 is 5.81. The molecular formula is C15H27N3O. The molecule has 1 aromatic rings. The van der Waals surface area contributed by atoms with E-state index in [1.54, 1.807) is 0 Å². The van der Waals surface area contributed by atoms with Crippen molar-refractivity contribution >= 4 is 0 Å². The summed E-state index contributed by atoms with van der Waals surface area (Å²) in [5.74, 6) is 0.963. The van der Waals surface area contributed by atoms with E-state index >= 15 is 0 Å². The number of hydrogen-bond acceptors (Lipinski definition) is 4. The fraction of sp³-hybridized carbons (Fsp3) is 0.600. The summed E-state index contributed by atoms with van der Waals surface area (Å²) in [6, 6.07) is 8.22. The zero-order valence-corrected chi connectivity index (χ0v) is 11.9. The Balaban J connectivity index is 2.46. The van der Waals surface area contributed by atoms with Crippen molar-refractivity contribution in [2.75, 3.05) is 26.2 Å². The van der Waals surface area contributed by atoms with Gasteiger partial charge in [-0.2, -0.15) is 0 Å². The van der Waals surface area contributed by atoms with Crippen LogP contribution in [0.25, 0.3) is 0 Å². The summed E-state index contributed by atoms with van der Waals surface area (Å²) in [6.45, 7) is 5.16. The first kappa shape index (κ1) is 16.0. The number of benzene rings is 1. The molecule has 0 fully saturated rings. The van der Waals surface area contributed by atoms with Crippen LogP contribution >= 0.6 is 0 Å². The molecule has 0 heterocycles. The molecule has 0 amide bonds. The van der Waals surface area contributed by atoms with Gasteiger partial charge in [0, 0.05) is 25.7 Å². The molecule has 0 radical (unpaired) electrons. The molecule has 0 aliphatic carbocycles. The minimum atomic E-state index is 0.0856. The smallest absolute Gasteiger partial charge is 0.122 e. The molecule has 0 saturated carbocycles. The van der Waals surface area contributed by atoms with Gasteiger partial charge in [-0.25, -0.2) is 0 Å². The summed E-state index contributed by atoms with van der Waals surface area (Å²) in [5.41, 5.74) is 12.7. The van der Waals surface area contributed by atoms with Crippen molar-refractivity contribution < 1.29 is 4.74 Å². The first-order valence-electron chi connectivity index (χ1n) is 7.15. The molecule has 108 valence electrons. The van der Waals surface area contributed by atoms with Crippen LogP contribution in [-0.2, 0) is 6.42 Å². The third-order valence-electron chi connectivity index (χ3n) is 2.94. The highest BCUT2D eigenvalue weighted by atomic mass is 16.5. The van der Waals surface area contributed by atoms with E-state index in [2.05, 4.69) is 18.3 Å². The zero-order chi connectivity index (χ0) is 13.9. The Labute approximate surface area is 116 Å². The van der Waals surface area contributed by atoms with Crippen molar-refractivity contribution in [1.82, 2.24) is 5.32 Å². The van der Waals surface area contributed by atoms with Crippen molar-refractivity contribution in [1.29, 1.82) is 0 Å². The summed E-state index contributed by atoms with van der Waals surface area (Å²) in [4.78, 5) is 0. The zero-order valence-electron chi connectivity index (χ0n) is 11.9. The minimum absolute atomic E-state index is 0.0856. The molecule has 1 rings (SSSR count). The van der Waals surface area contributed by atoms with Crippen LogP contribution in [0.1, 0.15) is 25.3 Å². The third-order valence-corrected chi connectivity index (χ3v) is 2.94. The van der Waals surface area contributed by atoms with E-state index in [4.69, 9.17) is 16.2 Å². The quantitative estimate of drug-likeness (QED) is 0.557. The maximum absolute atomic E-state index is 6.11. The van der Waals surface area contributed by atoms with Crippen LogP contribution in [0.5, 0.6) is 5.75 Å². The summed E-state index contributed by atoms with van der Waals surface area (Å²) in [5, 5.41) is 3.24. The molecule has 4 nitrogen and oxygen atoms in total. The van der Waals surface area contributed by atoms with Crippen LogP contribution in [0.2, 0.25) is 0 Å². The molecular weight excluding hydrogens is 238 g/mol. The van der Waals surface area contributed by atoms with E-state index in [0.717, 1.165) is 44.7 Å². The Morgan fingerprint density at radius 1 is 1.32 bits per heavy atom. The van der Waals surface area contributed by atoms with Crippen molar-refractivity contribution in [2.24, 2.45) is 11.5 Å². The molecule has 5 N–H and O–H groups in total. The van der Waals surface area contributed by atoms with Crippen LogP contribution in [0.3, 0.4) is 0 Å². The number of nitrogens with two attached hydrogens (primary N) is 2. The van der Waals surface area contributed by atoms with Gasteiger partial charge >= 0.3 is 0 Å². The van der Waals surface area contributed by atoms with Gasteiger partial charge in [0.25, 0.3) is 0 Å². The van der Waals surface area contributed by atoms with Gasteiger partial charge in [0.2, 0.25) is 0 Å². The Kier molecular flexibility index (Phi) is 8.21. The average molecular weight is 265 g/mol. The lowest BCUT2D eigenvalue weighted by Gasteiger charge is -2.16. The Bertz CT molecular complexity index is 344. The van der Waals surface area contributed by atoms with Crippen molar-refractivity contribution in [3.63, 3.8) is 0 Å². The third kappa shape index (κ3) is 6.57. The summed E-state index contributed by atoms with van der Waals surface area (Å²) in [7, 11) is 0. The molecule has 1 aromatic carbocycles. The highest BCUT2D eigenvalue weighted by Gasteiger charge is 2.08. The maximum atomic E-state index is 6.11. The van der Waals surface area contributed by atoms with E-state index in [0.29, 0.717) is 6.54 Å². The van der Waals surface area contributed by atoms with Gasteiger partial charge in [0.05, 0.1) is 6.61 Å². The van der Waals surface area contributed by atoms with Crippen LogP contribution in [0.15, 0.2) is 24.3 Å². The fourth-order valence-electron chi connectivity index (χ4n) is 1.88. The maximum Gasteiger partial charge on any atom is 0.122 e. The monoisotopic (exact) mass is 265 g/mol. The molecule has 1 unspecified atom stereocenters. The number of rotatable bonds is 10. The van der Waals surface area contributed by atoms with E-state index in [-0.39, 0.29) is 6.04 Å². The Hall–Kier alpha value is -1.10. The van der Waals surface area contributed by atoms with Gasteiger partial charge < -0.3 is 21.5 Å². The highest BCUT2D eigenvalue weighted by molar-refractivity contribution is 5.34. The number of para-hydroxylation sites is 1. The van der Waals surface area contributed by atoms with E-state index in [9.17, 15) is 0 Å². The highest BCUT2D eigenvalue weighted by Crippen LogP contribution is 2.19. The van der Waals surface area contributed by atoms with E-state index in [1.165, 1.54) is 5.56 Å². The summed E-state index contributed by atoms with van der Waals surface area (Å²) >= 11 is 0. The standard InChI is InChI=1S/C15H27N3O/c1-2-3-10-19-15-7-5-4-6-13(15)11-14(17)12-18-9-8-16/h4-7,14,18H,2-3,8-12,16-17H2,1H3. The fourth-order valence-corrected chi connectivity index (χ4v) is 1.88. The number of hydrogen-bond donors (Lipinski definition) is 3. The molecule has 0 aliphatic rings. The van der Waals surface area contributed by atoms with Gasteiger partial charge in [0.1, 0.15) is 5.75 Å².